The largest absolute Gasteiger partial charge is 0.444 e. The third-order valence-electron chi connectivity index (χ3n) is 2.68. The molecule has 2 N–H and O–H groups in total. The van der Waals surface area contributed by atoms with Crippen molar-refractivity contribution >= 4 is 0 Å². The molecule has 0 spiro atoms. The highest BCUT2D eigenvalue weighted by molar-refractivity contribution is 4.98. The monoisotopic (exact) mass is 180 g/mol. The fourth-order valence-electron chi connectivity index (χ4n) is 1.61. The Hall–Kier alpha value is -0.830. The van der Waals surface area contributed by atoms with E-state index in [-0.39, 0.29) is 6.04 Å². The van der Waals surface area contributed by atoms with Crippen molar-refractivity contribution in [3.05, 3.63) is 17.8 Å². The van der Waals surface area contributed by atoms with Crippen LogP contribution >= 0.6 is 0 Å². The quantitative estimate of drug-likeness (QED) is 0.774. The van der Waals surface area contributed by atoms with E-state index in [9.17, 15) is 0 Å². The van der Waals surface area contributed by atoms with Gasteiger partial charge in [0.05, 0.1) is 12.2 Å². The van der Waals surface area contributed by atoms with E-state index in [0.717, 1.165) is 18.1 Å². The summed E-state index contributed by atoms with van der Waals surface area (Å²) in [7, 11) is 0. The molecule has 3 heteroatoms. The Bertz CT molecular complexity index is 276. The number of rotatable bonds is 3. The SMILES string of the molecule is CC(N)c1ncc(CC2CCC2)o1. The van der Waals surface area contributed by atoms with Crippen LogP contribution in [0.5, 0.6) is 0 Å². The number of hydrogen-bond donors (Lipinski definition) is 1. The van der Waals surface area contributed by atoms with Crippen LogP contribution in [-0.4, -0.2) is 4.98 Å². The Morgan fingerprint density at radius 2 is 2.46 bits per heavy atom. The smallest absolute Gasteiger partial charge is 0.210 e. The standard InChI is InChI=1S/C10H16N2O/c1-7(11)10-12-6-9(13-10)5-8-3-2-4-8/h6-8H,2-5,11H2,1H3. The molecule has 1 aromatic heterocycles. The number of oxazole rings is 1. The Kier molecular flexibility index (Phi) is 2.36. The third kappa shape index (κ3) is 1.91. The first-order chi connectivity index (χ1) is 6.25. The molecule has 1 fully saturated rings. The molecule has 1 atom stereocenters. The molecule has 72 valence electrons. The Morgan fingerprint density at radius 3 is 2.92 bits per heavy atom. The third-order valence-corrected chi connectivity index (χ3v) is 2.68. The molecule has 1 unspecified atom stereocenters. The molecule has 0 bridgehead atoms. The fraction of sp³-hybridized carbons (Fsp3) is 0.700. The summed E-state index contributed by atoms with van der Waals surface area (Å²) in [6.07, 6.45) is 6.91. The maximum absolute atomic E-state index is 5.65. The second-order valence-electron chi connectivity index (χ2n) is 3.95. The molecule has 1 aliphatic rings. The summed E-state index contributed by atoms with van der Waals surface area (Å²) in [5, 5.41) is 0. The van der Waals surface area contributed by atoms with Crippen molar-refractivity contribution in [1.82, 2.24) is 4.98 Å². The predicted octanol–water partition coefficient (Wildman–Crippen LogP) is 2.04. The Balaban J connectivity index is 1.96. The maximum Gasteiger partial charge on any atom is 0.210 e. The first-order valence-electron chi connectivity index (χ1n) is 4.96. The van der Waals surface area contributed by atoms with Crippen molar-refractivity contribution in [3.8, 4) is 0 Å². The van der Waals surface area contributed by atoms with Crippen LogP contribution in [0.15, 0.2) is 10.6 Å². The minimum Gasteiger partial charge on any atom is -0.444 e. The van der Waals surface area contributed by atoms with Crippen molar-refractivity contribution in [3.63, 3.8) is 0 Å². The van der Waals surface area contributed by atoms with Crippen LogP contribution in [0.25, 0.3) is 0 Å². The molecular formula is C10H16N2O. The van der Waals surface area contributed by atoms with Gasteiger partial charge in [-0.05, 0) is 12.8 Å². The van der Waals surface area contributed by atoms with Gasteiger partial charge >= 0.3 is 0 Å². The molecule has 13 heavy (non-hydrogen) atoms. The molecule has 3 nitrogen and oxygen atoms in total. The van der Waals surface area contributed by atoms with Gasteiger partial charge < -0.3 is 10.2 Å². The van der Waals surface area contributed by atoms with E-state index < -0.39 is 0 Å². The molecule has 0 aliphatic heterocycles. The normalized spacial score (nSPS) is 19.8. The van der Waals surface area contributed by atoms with E-state index in [1.54, 1.807) is 0 Å². The lowest BCUT2D eigenvalue weighted by Gasteiger charge is -2.23. The van der Waals surface area contributed by atoms with Crippen LogP contribution in [0.2, 0.25) is 0 Å². The van der Waals surface area contributed by atoms with Crippen molar-refractivity contribution in [2.75, 3.05) is 0 Å². The molecule has 0 amide bonds. The Labute approximate surface area is 78.3 Å². The second-order valence-corrected chi connectivity index (χ2v) is 3.95. The molecule has 1 aliphatic carbocycles. The van der Waals surface area contributed by atoms with Crippen LogP contribution < -0.4 is 5.73 Å². The fourth-order valence-corrected chi connectivity index (χ4v) is 1.61. The molecule has 0 aromatic carbocycles. The van der Waals surface area contributed by atoms with Gasteiger partial charge in [0.25, 0.3) is 0 Å². The Morgan fingerprint density at radius 1 is 1.69 bits per heavy atom. The summed E-state index contributed by atoms with van der Waals surface area (Å²) in [5.74, 6) is 2.49. The van der Waals surface area contributed by atoms with E-state index in [1.165, 1.54) is 19.3 Å². The van der Waals surface area contributed by atoms with Gasteiger partial charge in [0, 0.05) is 6.42 Å². The minimum atomic E-state index is -0.0878. The first kappa shape index (κ1) is 8.75. The van der Waals surface area contributed by atoms with Crippen LogP contribution in [0.4, 0.5) is 0 Å². The van der Waals surface area contributed by atoms with Gasteiger partial charge in [-0.3, -0.25) is 0 Å². The van der Waals surface area contributed by atoms with E-state index >= 15 is 0 Å². The van der Waals surface area contributed by atoms with Gasteiger partial charge in [-0.1, -0.05) is 19.3 Å². The summed E-state index contributed by atoms with van der Waals surface area (Å²) in [6.45, 7) is 1.89. The summed E-state index contributed by atoms with van der Waals surface area (Å²) in [5.41, 5.74) is 5.65. The zero-order valence-electron chi connectivity index (χ0n) is 7.99. The van der Waals surface area contributed by atoms with Gasteiger partial charge in [-0.25, -0.2) is 4.98 Å². The van der Waals surface area contributed by atoms with Gasteiger partial charge in [-0.2, -0.15) is 0 Å². The lowest BCUT2D eigenvalue weighted by molar-refractivity contribution is 0.289. The van der Waals surface area contributed by atoms with Crippen molar-refractivity contribution < 1.29 is 4.42 Å². The van der Waals surface area contributed by atoms with Gasteiger partial charge in [0.15, 0.2) is 0 Å². The number of nitrogens with two attached hydrogens (primary N) is 1. The molecule has 1 saturated carbocycles. The van der Waals surface area contributed by atoms with Crippen LogP contribution in [0, 0.1) is 5.92 Å². The highest BCUT2D eigenvalue weighted by atomic mass is 16.4. The molecule has 2 rings (SSSR count). The van der Waals surface area contributed by atoms with Crippen molar-refractivity contribution in [1.29, 1.82) is 0 Å². The van der Waals surface area contributed by atoms with E-state index in [0.29, 0.717) is 5.89 Å². The summed E-state index contributed by atoms with van der Waals surface area (Å²) >= 11 is 0. The molecule has 1 heterocycles. The summed E-state index contributed by atoms with van der Waals surface area (Å²) in [6, 6.07) is -0.0878. The highest BCUT2D eigenvalue weighted by Crippen LogP contribution is 2.30. The van der Waals surface area contributed by atoms with Crippen LogP contribution in [0.1, 0.15) is 43.9 Å². The average Bonchev–Trinajstić information content (AvgIpc) is 2.44. The number of aromatic nitrogens is 1. The van der Waals surface area contributed by atoms with Gasteiger partial charge in [-0.15, -0.1) is 0 Å². The van der Waals surface area contributed by atoms with Crippen LogP contribution in [0.3, 0.4) is 0 Å². The lowest BCUT2D eigenvalue weighted by atomic mass is 9.82. The van der Waals surface area contributed by atoms with Gasteiger partial charge in [0.2, 0.25) is 5.89 Å². The molecule has 0 radical (unpaired) electrons. The van der Waals surface area contributed by atoms with E-state index in [1.807, 2.05) is 13.1 Å². The highest BCUT2D eigenvalue weighted by Gasteiger charge is 2.20. The summed E-state index contributed by atoms with van der Waals surface area (Å²) in [4.78, 5) is 4.14. The number of nitrogens with zero attached hydrogens (tertiary/aromatic N) is 1. The zero-order chi connectivity index (χ0) is 9.26. The molecule has 1 aromatic rings. The van der Waals surface area contributed by atoms with E-state index in [2.05, 4.69) is 4.98 Å². The maximum atomic E-state index is 5.65. The second kappa shape index (κ2) is 3.50. The first-order valence-corrected chi connectivity index (χ1v) is 4.96. The van der Waals surface area contributed by atoms with Crippen molar-refractivity contribution in [2.45, 2.75) is 38.6 Å². The predicted molar refractivity (Wildman–Crippen MR) is 50.2 cm³/mol. The lowest BCUT2D eigenvalue weighted by Crippen LogP contribution is -2.13. The molecular weight excluding hydrogens is 164 g/mol. The van der Waals surface area contributed by atoms with E-state index in [4.69, 9.17) is 10.2 Å². The topological polar surface area (TPSA) is 52.0 Å². The zero-order valence-corrected chi connectivity index (χ0v) is 7.99. The average molecular weight is 180 g/mol. The minimum absolute atomic E-state index is 0.0878. The summed E-state index contributed by atoms with van der Waals surface area (Å²) < 4.78 is 5.52. The van der Waals surface area contributed by atoms with Crippen molar-refractivity contribution in [2.24, 2.45) is 11.7 Å². The number of hydrogen-bond acceptors (Lipinski definition) is 3. The van der Waals surface area contributed by atoms with Crippen LogP contribution in [-0.2, 0) is 6.42 Å². The molecule has 0 saturated heterocycles. The van der Waals surface area contributed by atoms with Gasteiger partial charge in [0.1, 0.15) is 5.76 Å².